The summed E-state index contributed by atoms with van der Waals surface area (Å²) in [5.74, 6) is 0. The van der Waals surface area contributed by atoms with Crippen LogP contribution in [0.1, 0.15) is 33.6 Å². The molecule has 0 unspecified atom stereocenters. The van der Waals surface area contributed by atoms with Gasteiger partial charge in [0.05, 0.1) is 0 Å². The second-order valence-electron chi connectivity index (χ2n) is 7.05. The molecule has 0 N–H and O–H groups in total. The van der Waals surface area contributed by atoms with Gasteiger partial charge in [-0.2, -0.15) is 0 Å². The fraction of sp³-hybridized carbons (Fsp3) is 1.00. The Morgan fingerprint density at radius 2 is 1.80 bits per heavy atom. The minimum absolute atomic E-state index is 0.460. The third-order valence-corrected chi connectivity index (χ3v) is 3.67. The molecule has 0 aromatic heterocycles. The van der Waals surface area contributed by atoms with Crippen LogP contribution in [-0.4, -0.2) is 49.6 Å². The lowest BCUT2D eigenvalue weighted by Crippen LogP contribution is -2.63. The van der Waals surface area contributed by atoms with Crippen LogP contribution in [0.15, 0.2) is 0 Å². The minimum atomic E-state index is 0.460. The average molecular weight is 210 g/mol. The first-order valence-corrected chi connectivity index (χ1v) is 6.30. The van der Waals surface area contributed by atoms with Gasteiger partial charge in [0.25, 0.3) is 0 Å². The van der Waals surface area contributed by atoms with E-state index in [2.05, 4.69) is 37.6 Å². The van der Waals surface area contributed by atoms with E-state index < -0.39 is 0 Å². The highest BCUT2D eigenvalue weighted by Gasteiger charge is 2.45. The number of hydrogen-bond acceptors (Lipinski definition) is 2. The van der Waals surface area contributed by atoms with Gasteiger partial charge in [-0.3, -0.25) is 0 Å². The Labute approximate surface area is 94.6 Å². The normalized spacial score (nSPS) is 28.0. The summed E-state index contributed by atoms with van der Waals surface area (Å²) in [7, 11) is 2.27. The Balaban J connectivity index is 1.81. The van der Waals surface area contributed by atoms with E-state index in [1.165, 1.54) is 45.6 Å². The molecule has 2 nitrogen and oxygen atoms in total. The van der Waals surface area contributed by atoms with Gasteiger partial charge in [0, 0.05) is 31.6 Å². The van der Waals surface area contributed by atoms with Gasteiger partial charge in [0.2, 0.25) is 0 Å². The molecular formula is C13H26N2. The van der Waals surface area contributed by atoms with E-state index in [0.29, 0.717) is 10.8 Å². The average Bonchev–Trinajstić information content (AvgIpc) is 1.98. The second kappa shape index (κ2) is 3.74. The van der Waals surface area contributed by atoms with Crippen molar-refractivity contribution in [2.24, 2.45) is 10.8 Å². The lowest BCUT2D eigenvalue weighted by molar-refractivity contribution is -0.0611. The summed E-state index contributed by atoms with van der Waals surface area (Å²) in [4.78, 5) is 5.15. The van der Waals surface area contributed by atoms with Gasteiger partial charge in [-0.05, 0) is 31.8 Å². The zero-order valence-corrected chi connectivity index (χ0v) is 10.8. The van der Waals surface area contributed by atoms with Crippen molar-refractivity contribution < 1.29 is 0 Å². The van der Waals surface area contributed by atoms with E-state index >= 15 is 0 Å². The first-order chi connectivity index (χ1) is 6.89. The zero-order valence-electron chi connectivity index (χ0n) is 10.8. The fourth-order valence-corrected chi connectivity index (χ4v) is 3.40. The van der Waals surface area contributed by atoms with Crippen molar-refractivity contribution in [3.8, 4) is 0 Å². The lowest BCUT2D eigenvalue weighted by atomic mass is 9.72. The number of rotatable bonds is 1. The predicted molar refractivity (Wildman–Crippen MR) is 65.1 cm³/mol. The fourth-order valence-electron chi connectivity index (χ4n) is 3.40. The van der Waals surface area contributed by atoms with E-state index in [0.717, 1.165) is 0 Å². The molecule has 0 aliphatic carbocycles. The van der Waals surface area contributed by atoms with Gasteiger partial charge in [0.1, 0.15) is 0 Å². The van der Waals surface area contributed by atoms with Crippen molar-refractivity contribution in [2.75, 3.05) is 39.8 Å². The van der Waals surface area contributed by atoms with E-state index in [1.54, 1.807) is 0 Å². The number of piperidine rings is 1. The Morgan fingerprint density at radius 3 is 2.33 bits per heavy atom. The Kier molecular flexibility index (Phi) is 2.85. The van der Waals surface area contributed by atoms with Crippen LogP contribution in [-0.2, 0) is 0 Å². The largest absolute Gasteiger partial charge is 0.306 e. The maximum absolute atomic E-state index is 2.64. The van der Waals surface area contributed by atoms with Crippen LogP contribution >= 0.6 is 0 Å². The molecular weight excluding hydrogens is 184 g/mol. The van der Waals surface area contributed by atoms with Crippen LogP contribution in [0.25, 0.3) is 0 Å². The molecule has 2 heterocycles. The molecule has 0 aromatic carbocycles. The van der Waals surface area contributed by atoms with Crippen LogP contribution in [0.3, 0.4) is 0 Å². The summed E-state index contributed by atoms with van der Waals surface area (Å²) in [6.45, 7) is 13.6. The summed E-state index contributed by atoms with van der Waals surface area (Å²) < 4.78 is 0. The minimum Gasteiger partial charge on any atom is -0.306 e. The Hall–Kier alpha value is -0.0800. The number of hydrogen-bond donors (Lipinski definition) is 0. The van der Waals surface area contributed by atoms with Gasteiger partial charge < -0.3 is 9.80 Å². The van der Waals surface area contributed by atoms with Gasteiger partial charge >= 0.3 is 0 Å². The van der Waals surface area contributed by atoms with Gasteiger partial charge in [-0.15, -0.1) is 0 Å². The van der Waals surface area contributed by atoms with Gasteiger partial charge in [-0.25, -0.2) is 0 Å². The third-order valence-electron chi connectivity index (χ3n) is 3.67. The summed E-state index contributed by atoms with van der Waals surface area (Å²) in [6, 6.07) is 0. The molecule has 2 aliphatic heterocycles. The molecule has 0 saturated carbocycles. The molecule has 2 aliphatic rings. The topological polar surface area (TPSA) is 6.48 Å². The molecule has 2 rings (SSSR count). The maximum atomic E-state index is 2.64. The second-order valence-corrected chi connectivity index (χ2v) is 7.05. The lowest BCUT2D eigenvalue weighted by Gasteiger charge is -2.55. The Bertz CT molecular complexity index is 223. The van der Waals surface area contributed by atoms with Gasteiger partial charge in [-0.1, -0.05) is 20.8 Å². The highest BCUT2D eigenvalue weighted by atomic mass is 15.2. The molecule has 2 saturated heterocycles. The SMILES string of the molecule is CN1CCCC2(C1)CN(CC(C)(C)C)C2. The summed E-state index contributed by atoms with van der Waals surface area (Å²) in [6.07, 6.45) is 2.86. The van der Waals surface area contributed by atoms with Crippen LogP contribution in [0.5, 0.6) is 0 Å². The standard InChI is InChI=1S/C13H26N2/c1-12(2,3)8-15-10-13(11-15)6-5-7-14(4)9-13/h5-11H2,1-4H3. The van der Waals surface area contributed by atoms with E-state index in [1.807, 2.05) is 0 Å². The quantitative estimate of drug-likeness (QED) is 0.653. The molecule has 88 valence electrons. The Morgan fingerprint density at radius 1 is 1.13 bits per heavy atom. The molecule has 0 radical (unpaired) electrons. The maximum Gasteiger partial charge on any atom is 0.00851 e. The molecule has 0 bridgehead atoms. The molecule has 0 atom stereocenters. The van der Waals surface area contributed by atoms with Crippen molar-refractivity contribution in [1.82, 2.24) is 9.80 Å². The van der Waals surface area contributed by atoms with E-state index in [4.69, 9.17) is 0 Å². The number of likely N-dealkylation sites (tertiary alicyclic amines) is 2. The van der Waals surface area contributed by atoms with Crippen LogP contribution < -0.4 is 0 Å². The zero-order chi connectivity index (χ0) is 11.1. The smallest absolute Gasteiger partial charge is 0.00851 e. The van der Waals surface area contributed by atoms with Crippen molar-refractivity contribution in [3.63, 3.8) is 0 Å². The highest BCUT2D eigenvalue weighted by Crippen LogP contribution is 2.39. The first-order valence-electron chi connectivity index (χ1n) is 6.30. The molecule has 0 aromatic rings. The van der Waals surface area contributed by atoms with Crippen LogP contribution in [0.4, 0.5) is 0 Å². The van der Waals surface area contributed by atoms with Crippen molar-refractivity contribution in [1.29, 1.82) is 0 Å². The number of nitrogens with zero attached hydrogens (tertiary/aromatic N) is 2. The highest BCUT2D eigenvalue weighted by molar-refractivity contribution is 4.99. The third kappa shape index (κ3) is 2.73. The molecule has 0 amide bonds. The molecule has 1 spiro atoms. The molecule has 2 fully saturated rings. The molecule has 15 heavy (non-hydrogen) atoms. The molecule has 2 heteroatoms. The summed E-state index contributed by atoms with van der Waals surface area (Å²) >= 11 is 0. The van der Waals surface area contributed by atoms with Crippen molar-refractivity contribution >= 4 is 0 Å². The van der Waals surface area contributed by atoms with Crippen molar-refractivity contribution in [3.05, 3.63) is 0 Å². The first kappa shape index (κ1) is 11.4. The van der Waals surface area contributed by atoms with Crippen LogP contribution in [0, 0.1) is 10.8 Å². The van der Waals surface area contributed by atoms with Gasteiger partial charge in [0.15, 0.2) is 0 Å². The monoisotopic (exact) mass is 210 g/mol. The van der Waals surface area contributed by atoms with Crippen molar-refractivity contribution in [2.45, 2.75) is 33.6 Å². The van der Waals surface area contributed by atoms with Crippen LogP contribution in [0.2, 0.25) is 0 Å². The van der Waals surface area contributed by atoms with E-state index in [-0.39, 0.29) is 0 Å². The summed E-state index contributed by atoms with van der Waals surface area (Å²) in [5, 5.41) is 0. The summed E-state index contributed by atoms with van der Waals surface area (Å²) in [5.41, 5.74) is 1.13. The van der Waals surface area contributed by atoms with E-state index in [9.17, 15) is 0 Å². The predicted octanol–water partition coefficient (Wildman–Crippen LogP) is 2.06.